The van der Waals surface area contributed by atoms with Gasteiger partial charge in [0.15, 0.2) is 0 Å². The van der Waals surface area contributed by atoms with Crippen molar-refractivity contribution in [2.75, 3.05) is 12.4 Å². The van der Waals surface area contributed by atoms with Gasteiger partial charge in [-0.1, -0.05) is 19.1 Å². The smallest absolute Gasteiger partial charge is 0.122 e. The fourth-order valence-electron chi connectivity index (χ4n) is 1.45. The average molecular weight is 252 g/mol. The Kier molecular flexibility index (Phi) is 5.51. The summed E-state index contributed by atoms with van der Waals surface area (Å²) in [6.07, 6.45) is 0. The minimum absolute atomic E-state index is 0.112. The number of nitrogens with two attached hydrogens (primary N) is 1. The quantitative estimate of drug-likeness (QED) is 0.536. The molecule has 3 nitrogen and oxygen atoms in total. The molecular weight excluding hydrogens is 232 g/mol. The molecule has 4 N–H and O–H groups in total. The van der Waals surface area contributed by atoms with Gasteiger partial charge < -0.3 is 10.8 Å². The molecule has 1 aromatic rings. The van der Waals surface area contributed by atoms with Crippen molar-refractivity contribution in [2.24, 2.45) is 11.7 Å². The van der Waals surface area contributed by atoms with E-state index in [0.717, 1.165) is 17.1 Å². The zero-order chi connectivity index (χ0) is 12.8. The molecule has 0 bridgehead atoms. The van der Waals surface area contributed by atoms with Gasteiger partial charge in [0.1, 0.15) is 5.84 Å². The molecule has 0 aliphatic carbocycles. The van der Waals surface area contributed by atoms with Crippen molar-refractivity contribution in [3.8, 4) is 0 Å². The second-order valence-corrected chi connectivity index (χ2v) is 5.39. The topological polar surface area (TPSA) is 70.1 Å². The number of nitrogen functional groups attached to an aromatic ring is 1. The average Bonchev–Trinajstić information content (AvgIpc) is 2.30. The fourth-order valence-corrected chi connectivity index (χ4v) is 2.62. The van der Waals surface area contributed by atoms with E-state index in [1.54, 1.807) is 0 Å². The maximum Gasteiger partial charge on any atom is 0.122 e. The van der Waals surface area contributed by atoms with Crippen molar-refractivity contribution in [1.29, 1.82) is 5.41 Å². The van der Waals surface area contributed by atoms with E-state index in [1.165, 1.54) is 11.1 Å². The molecule has 0 aliphatic heterocycles. The van der Waals surface area contributed by atoms with Crippen LogP contribution in [0, 0.1) is 18.3 Å². The molecule has 0 aliphatic rings. The second kappa shape index (κ2) is 6.67. The monoisotopic (exact) mass is 252 g/mol. The highest BCUT2D eigenvalue weighted by molar-refractivity contribution is 7.98. The highest BCUT2D eigenvalue weighted by Gasteiger charge is 2.04. The number of thioether (sulfide) groups is 1. The molecule has 0 radical (unpaired) electrons. The van der Waals surface area contributed by atoms with Crippen LogP contribution in [-0.4, -0.2) is 23.3 Å². The molecule has 0 heterocycles. The predicted molar refractivity (Wildman–Crippen MR) is 74.6 cm³/mol. The summed E-state index contributed by atoms with van der Waals surface area (Å²) in [5, 5.41) is 16.3. The first kappa shape index (κ1) is 14.1. The number of rotatable bonds is 6. The normalized spacial score (nSPS) is 12.4. The molecule has 94 valence electrons. The summed E-state index contributed by atoms with van der Waals surface area (Å²) in [5.41, 5.74) is 8.66. The maximum atomic E-state index is 8.93. The minimum Gasteiger partial charge on any atom is -0.396 e. The first-order chi connectivity index (χ1) is 8.04. The highest BCUT2D eigenvalue weighted by atomic mass is 32.2. The zero-order valence-corrected chi connectivity index (χ0v) is 11.2. The lowest BCUT2D eigenvalue weighted by atomic mass is 10.1. The third-order valence-corrected chi connectivity index (χ3v) is 3.95. The maximum absolute atomic E-state index is 8.93. The Morgan fingerprint density at radius 3 is 2.76 bits per heavy atom. The molecule has 1 atom stereocenters. The van der Waals surface area contributed by atoms with Gasteiger partial charge in [-0.05, 0) is 35.8 Å². The fraction of sp³-hybridized carbons (Fsp3) is 0.462. The van der Waals surface area contributed by atoms with Gasteiger partial charge in [-0.3, -0.25) is 5.41 Å². The van der Waals surface area contributed by atoms with Crippen molar-refractivity contribution in [3.05, 3.63) is 34.9 Å². The third-order valence-electron chi connectivity index (χ3n) is 2.63. The summed E-state index contributed by atoms with van der Waals surface area (Å²) < 4.78 is 0. The lowest BCUT2D eigenvalue weighted by Crippen LogP contribution is -2.11. The van der Waals surface area contributed by atoms with Crippen LogP contribution in [0.3, 0.4) is 0 Å². The molecule has 1 rings (SSSR count). The van der Waals surface area contributed by atoms with Gasteiger partial charge in [0.05, 0.1) is 0 Å². The number of amidine groups is 1. The summed E-state index contributed by atoms with van der Waals surface area (Å²) in [6.45, 7) is 4.33. The van der Waals surface area contributed by atoms with Gasteiger partial charge in [0.25, 0.3) is 0 Å². The number of aliphatic hydroxyl groups is 1. The van der Waals surface area contributed by atoms with Crippen molar-refractivity contribution in [1.82, 2.24) is 0 Å². The van der Waals surface area contributed by atoms with Crippen LogP contribution in [0.1, 0.15) is 23.6 Å². The summed E-state index contributed by atoms with van der Waals surface area (Å²) >= 11 is 1.82. The number of hydrogen-bond donors (Lipinski definition) is 3. The van der Waals surface area contributed by atoms with E-state index in [9.17, 15) is 0 Å². The van der Waals surface area contributed by atoms with Gasteiger partial charge in [-0.15, -0.1) is 0 Å². The van der Waals surface area contributed by atoms with E-state index < -0.39 is 0 Å². The van der Waals surface area contributed by atoms with Crippen LogP contribution in [0.25, 0.3) is 0 Å². The van der Waals surface area contributed by atoms with Crippen LogP contribution in [0.5, 0.6) is 0 Å². The Bertz CT molecular complexity index is 393. The number of hydrogen-bond acceptors (Lipinski definition) is 3. The van der Waals surface area contributed by atoms with E-state index in [2.05, 4.69) is 0 Å². The summed E-state index contributed by atoms with van der Waals surface area (Å²) in [7, 11) is 0. The van der Waals surface area contributed by atoms with Crippen molar-refractivity contribution < 1.29 is 5.11 Å². The lowest BCUT2D eigenvalue weighted by molar-refractivity contribution is 0.250. The Balaban J connectivity index is 2.57. The van der Waals surface area contributed by atoms with E-state index in [0.29, 0.717) is 5.92 Å². The third kappa shape index (κ3) is 4.40. The standard InChI is InChI=1S/C13H20N2OS/c1-9(6-16)7-17-8-12-4-3-11(13(14)15)5-10(12)2/h3-5,9,16H,6-8H2,1-2H3,(H3,14,15). The lowest BCUT2D eigenvalue weighted by Gasteiger charge is -2.10. The Hall–Kier alpha value is -1.000. The molecule has 1 unspecified atom stereocenters. The van der Waals surface area contributed by atoms with Gasteiger partial charge in [-0.25, -0.2) is 0 Å². The van der Waals surface area contributed by atoms with Crippen molar-refractivity contribution >= 4 is 17.6 Å². The minimum atomic E-state index is 0.112. The summed E-state index contributed by atoms with van der Waals surface area (Å²) in [6, 6.07) is 5.87. The molecule has 0 fully saturated rings. The number of benzene rings is 1. The molecule has 0 saturated heterocycles. The van der Waals surface area contributed by atoms with Crippen LogP contribution in [0.2, 0.25) is 0 Å². The van der Waals surface area contributed by atoms with Crippen LogP contribution in [-0.2, 0) is 5.75 Å². The van der Waals surface area contributed by atoms with Crippen molar-refractivity contribution in [2.45, 2.75) is 19.6 Å². The molecule has 0 amide bonds. The second-order valence-electron chi connectivity index (χ2n) is 4.36. The number of nitrogens with one attached hydrogen (secondary N) is 1. The van der Waals surface area contributed by atoms with Crippen LogP contribution in [0.4, 0.5) is 0 Å². The van der Waals surface area contributed by atoms with Gasteiger partial charge in [0.2, 0.25) is 0 Å². The van der Waals surface area contributed by atoms with Gasteiger partial charge in [0, 0.05) is 17.9 Å². The molecule has 0 aromatic heterocycles. The molecule has 0 spiro atoms. The highest BCUT2D eigenvalue weighted by Crippen LogP contribution is 2.19. The Labute approximate surface area is 107 Å². The first-order valence-electron chi connectivity index (χ1n) is 5.67. The predicted octanol–water partition coefficient (Wildman–Crippen LogP) is 2.14. The van der Waals surface area contributed by atoms with Crippen LogP contribution in [0.15, 0.2) is 18.2 Å². The van der Waals surface area contributed by atoms with Crippen LogP contribution < -0.4 is 5.73 Å². The van der Waals surface area contributed by atoms with E-state index in [1.807, 2.05) is 43.8 Å². The molecule has 17 heavy (non-hydrogen) atoms. The molecule has 1 aromatic carbocycles. The Morgan fingerprint density at radius 2 is 2.24 bits per heavy atom. The molecule has 0 saturated carbocycles. The zero-order valence-electron chi connectivity index (χ0n) is 10.4. The Morgan fingerprint density at radius 1 is 1.53 bits per heavy atom. The molecular formula is C13H20N2OS. The summed E-state index contributed by atoms with van der Waals surface area (Å²) in [4.78, 5) is 0. The molecule has 4 heteroatoms. The van der Waals surface area contributed by atoms with Gasteiger partial charge >= 0.3 is 0 Å². The SMILES string of the molecule is Cc1cc(C(=N)N)ccc1CSCC(C)CO. The number of aliphatic hydroxyl groups excluding tert-OH is 1. The van der Waals surface area contributed by atoms with E-state index in [4.69, 9.17) is 16.2 Å². The van der Waals surface area contributed by atoms with Gasteiger partial charge in [-0.2, -0.15) is 11.8 Å². The van der Waals surface area contributed by atoms with Crippen LogP contribution >= 0.6 is 11.8 Å². The number of aryl methyl sites for hydroxylation is 1. The first-order valence-corrected chi connectivity index (χ1v) is 6.82. The van der Waals surface area contributed by atoms with E-state index in [-0.39, 0.29) is 12.4 Å². The van der Waals surface area contributed by atoms with Crippen molar-refractivity contribution in [3.63, 3.8) is 0 Å². The largest absolute Gasteiger partial charge is 0.396 e. The van der Waals surface area contributed by atoms with E-state index >= 15 is 0 Å². The summed E-state index contributed by atoms with van der Waals surface area (Å²) in [5.74, 6) is 2.36.